The van der Waals surface area contributed by atoms with Crippen molar-refractivity contribution >= 4 is 17.9 Å². The highest BCUT2D eigenvalue weighted by atomic mass is 19.1. The minimum atomic E-state index is -0.867. The number of esters is 3. The Kier molecular flexibility index (Phi) is 12.5. The summed E-state index contributed by atoms with van der Waals surface area (Å²) in [6.45, 7) is 8.63. The molecular weight excluding hydrogens is 499 g/mol. The highest BCUT2D eigenvalue weighted by Crippen LogP contribution is 2.24. The predicted octanol–water partition coefficient (Wildman–Crippen LogP) is 4.05. The van der Waals surface area contributed by atoms with Crippen molar-refractivity contribution in [1.82, 2.24) is 0 Å². The van der Waals surface area contributed by atoms with E-state index >= 15 is 0 Å². The first-order valence-electron chi connectivity index (χ1n) is 12.3. The molecule has 38 heavy (non-hydrogen) atoms. The maximum absolute atomic E-state index is 12.7. The van der Waals surface area contributed by atoms with Crippen LogP contribution >= 0.6 is 0 Å². The number of hydrogen-bond donors (Lipinski definition) is 0. The average molecular weight is 535 g/mol. The van der Waals surface area contributed by atoms with Crippen molar-refractivity contribution < 1.29 is 47.2 Å². The van der Waals surface area contributed by atoms with Crippen molar-refractivity contribution in [2.45, 2.75) is 65.5 Å². The van der Waals surface area contributed by atoms with Crippen LogP contribution in [0.2, 0.25) is 0 Å². The lowest BCUT2D eigenvalue weighted by Gasteiger charge is -2.39. The molecule has 208 valence electrons. The smallest absolute Gasteiger partial charge is 0.303 e. The highest BCUT2D eigenvalue weighted by Gasteiger charge is 2.44. The standard InChI is InChI=1S/C16H17FO2.C12H18O7/c1-2-18-16-6-4-3-5-13(16)11-12-19-15-9-7-14(17)8-10-15;1-6-11(18-8(3)14)12(19-9(4)15)10(5-16-6)17-7(2)13/h3-10H,2,11-12H2,1H3;6,10-12H,5H2,1-4H3/t;6-,10?,11-,12-/m.0/s1. The van der Waals surface area contributed by atoms with Crippen molar-refractivity contribution in [2.24, 2.45) is 0 Å². The quantitative estimate of drug-likeness (QED) is 0.348. The van der Waals surface area contributed by atoms with E-state index in [2.05, 4.69) is 0 Å². The summed E-state index contributed by atoms with van der Waals surface area (Å²) in [6.07, 6.45) is -2.16. The van der Waals surface area contributed by atoms with Crippen LogP contribution in [0, 0.1) is 5.82 Å². The number of rotatable bonds is 9. The Hall–Kier alpha value is -3.66. The van der Waals surface area contributed by atoms with Gasteiger partial charge in [-0.1, -0.05) is 18.2 Å². The molecule has 0 radical (unpaired) electrons. The fraction of sp³-hybridized carbons (Fsp3) is 0.464. The van der Waals surface area contributed by atoms with Crippen molar-refractivity contribution in [1.29, 1.82) is 0 Å². The third-order valence-electron chi connectivity index (χ3n) is 5.32. The van der Waals surface area contributed by atoms with Crippen LogP contribution < -0.4 is 9.47 Å². The summed E-state index contributed by atoms with van der Waals surface area (Å²) in [4.78, 5) is 33.3. The third-order valence-corrected chi connectivity index (χ3v) is 5.32. The van der Waals surface area contributed by atoms with Crippen LogP contribution in [-0.4, -0.2) is 62.1 Å². The van der Waals surface area contributed by atoms with Gasteiger partial charge in [0, 0.05) is 27.2 Å². The van der Waals surface area contributed by atoms with Gasteiger partial charge in [-0.25, -0.2) is 4.39 Å². The minimum Gasteiger partial charge on any atom is -0.494 e. The lowest BCUT2D eigenvalue weighted by Crippen LogP contribution is -2.56. The molecule has 0 spiro atoms. The van der Waals surface area contributed by atoms with Crippen LogP contribution in [0.4, 0.5) is 4.39 Å². The molecule has 10 heteroatoms. The van der Waals surface area contributed by atoms with E-state index in [4.69, 9.17) is 28.4 Å². The Balaban J connectivity index is 0.000000267. The molecule has 1 aliphatic rings. The van der Waals surface area contributed by atoms with Crippen LogP contribution in [-0.2, 0) is 39.8 Å². The number of halogens is 1. The second kappa shape index (κ2) is 15.6. The molecule has 0 aliphatic carbocycles. The second-order valence-electron chi connectivity index (χ2n) is 8.43. The molecule has 0 N–H and O–H groups in total. The van der Waals surface area contributed by atoms with Gasteiger partial charge in [-0.2, -0.15) is 0 Å². The summed E-state index contributed by atoms with van der Waals surface area (Å²) < 4.78 is 44.5. The van der Waals surface area contributed by atoms with E-state index in [0.717, 1.165) is 17.7 Å². The van der Waals surface area contributed by atoms with Crippen molar-refractivity contribution in [3.63, 3.8) is 0 Å². The van der Waals surface area contributed by atoms with E-state index in [-0.39, 0.29) is 12.4 Å². The molecule has 0 amide bonds. The molecule has 1 heterocycles. The molecular formula is C28H35FO9. The van der Waals surface area contributed by atoms with Crippen LogP contribution in [0.25, 0.3) is 0 Å². The molecule has 2 aromatic carbocycles. The topological polar surface area (TPSA) is 107 Å². The summed E-state index contributed by atoms with van der Waals surface area (Å²) >= 11 is 0. The normalized spacial score (nSPS) is 20.3. The van der Waals surface area contributed by atoms with Gasteiger partial charge in [-0.05, 0) is 49.7 Å². The van der Waals surface area contributed by atoms with Crippen LogP contribution in [0.1, 0.15) is 40.2 Å². The lowest BCUT2D eigenvalue weighted by atomic mass is 10.0. The largest absolute Gasteiger partial charge is 0.494 e. The summed E-state index contributed by atoms with van der Waals surface area (Å²) in [5.74, 6) is -0.284. The Morgan fingerprint density at radius 1 is 0.868 bits per heavy atom. The maximum atomic E-state index is 12.7. The Labute approximate surface area is 222 Å². The van der Waals surface area contributed by atoms with Crippen molar-refractivity contribution in [3.8, 4) is 11.5 Å². The fourth-order valence-electron chi connectivity index (χ4n) is 3.73. The summed E-state index contributed by atoms with van der Waals surface area (Å²) in [5, 5.41) is 0. The van der Waals surface area contributed by atoms with Crippen LogP contribution in [0.3, 0.4) is 0 Å². The summed E-state index contributed by atoms with van der Waals surface area (Å²) in [6, 6.07) is 14.0. The van der Waals surface area contributed by atoms with Gasteiger partial charge in [0.25, 0.3) is 0 Å². The van der Waals surface area contributed by atoms with Crippen LogP contribution in [0.5, 0.6) is 11.5 Å². The number of hydrogen-bond acceptors (Lipinski definition) is 9. The Morgan fingerprint density at radius 3 is 2.08 bits per heavy atom. The first-order chi connectivity index (χ1) is 18.1. The van der Waals surface area contributed by atoms with Gasteiger partial charge in [0.15, 0.2) is 18.3 Å². The zero-order chi connectivity index (χ0) is 28.1. The van der Waals surface area contributed by atoms with E-state index in [1.165, 1.54) is 32.9 Å². The van der Waals surface area contributed by atoms with Gasteiger partial charge < -0.3 is 28.4 Å². The molecule has 0 bridgehead atoms. The van der Waals surface area contributed by atoms with Crippen LogP contribution in [0.15, 0.2) is 48.5 Å². The zero-order valence-corrected chi connectivity index (χ0v) is 22.3. The SMILES string of the molecule is CC(=O)OC1CO[C@@H](C)[C@H](OC(C)=O)[C@H]1OC(C)=O.CCOc1ccccc1CCOc1ccc(F)cc1. The number of carbonyl (C=O) groups excluding carboxylic acids is 3. The number of benzene rings is 2. The predicted molar refractivity (Wildman–Crippen MR) is 135 cm³/mol. The molecule has 4 atom stereocenters. The average Bonchev–Trinajstić information content (AvgIpc) is 2.85. The zero-order valence-electron chi connectivity index (χ0n) is 22.3. The van der Waals surface area contributed by atoms with E-state index < -0.39 is 42.3 Å². The summed E-state index contributed by atoms with van der Waals surface area (Å²) in [5.41, 5.74) is 1.12. The molecule has 1 saturated heterocycles. The second-order valence-corrected chi connectivity index (χ2v) is 8.43. The Bertz CT molecular complexity index is 1040. The van der Waals surface area contributed by atoms with Gasteiger partial charge in [0.1, 0.15) is 17.3 Å². The molecule has 3 rings (SSSR count). The highest BCUT2D eigenvalue weighted by molar-refractivity contribution is 5.68. The van der Waals surface area contributed by atoms with Gasteiger partial charge in [0.2, 0.25) is 0 Å². The van der Waals surface area contributed by atoms with E-state index in [1.54, 1.807) is 19.1 Å². The third kappa shape index (κ3) is 10.4. The van der Waals surface area contributed by atoms with E-state index in [1.807, 2.05) is 31.2 Å². The fourth-order valence-corrected chi connectivity index (χ4v) is 3.73. The van der Waals surface area contributed by atoms with Gasteiger partial charge >= 0.3 is 17.9 Å². The number of ether oxygens (including phenoxy) is 6. The van der Waals surface area contributed by atoms with Crippen molar-refractivity contribution in [3.05, 3.63) is 59.9 Å². The minimum absolute atomic E-state index is 0.0798. The molecule has 1 unspecified atom stereocenters. The first kappa shape index (κ1) is 30.6. The monoisotopic (exact) mass is 534 g/mol. The molecule has 0 aromatic heterocycles. The molecule has 1 aliphatic heterocycles. The number of carbonyl (C=O) groups is 3. The molecule has 0 saturated carbocycles. The molecule has 2 aromatic rings. The molecule has 9 nitrogen and oxygen atoms in total. The lowest BCUT2D eigenvalue weighted by molar-refractivity contribution is -0.222. The van der Waals surface area contributed by atoms with Gasteiger partial charge in [0.05, 0.1) is 25.9 Å². The Morgan fingerprint density at radius 2 is 1.47 bits per heavy atom. The molecule has 1 fully saturated rings. The van der Waals surface area contributed by atoms with Gasteiger partial charge in [-0.3, -0.25) is 14.4 Å². The number of para-hydroxylation sites is 1. The first-order valence-corrected chi connectivity index (χ1v) is 12.3. The van der Waals surface area contributed by atoms with Crippen molar-refractivity contribution in [2.75, 3.05) is 19.8 Å². The maximum Gasteiger partial charge on any atom is 0.303 e. The summed E-state index contributed by atoms with van der Waals surface area (Å²) in [7, 11) is 0. The van der Waals surface area contributed by atoms with Gasteiger partial charge in [-0.15, -0.1) is 0 Å². The van der Waals surface area contributed by atoms with E-state index in [0.29, 0.717) is 19.0 Å². The van der Waals surface area contributed by atoms with E-state index in [9.17, 15) is 18.8 Å².